The van der Waals surface area contributed by atoms with Crippen LogP contribution in [-0.4, -0.2) is 39.9 Å². The van der Waals surface area contributed by atoms with E-state index in [0.717, 1.165) is 22.8 Å². The molecule has 2 N–H and O–H groups in total. The molecular formula is C17H25ClN5OS+. The van der Waals surface area contributed by atoms with Gasteiger partial charge in [-0.05, 0) is 57.3 Å². The van der Waals surface area contributed by atoms with Gasteiger partial charge in [-0.2, -0.15) is 4.68 Å². The number of nitrogens with zero attached hydrogens (tertiary/aromatic N) is 3. The maximum absolute atomic E-state index is 11.9. The van der Waals surface area contributed by atoms with E-state index < -0.39 is 0 Å². The van der Waals surface area contributed by atoms with E-state index in [1.54, 1.807) is 4.68 Å². The fraction of sp³-hybridized carbons (Fsp3) is 0.471. The van der Waals surface area contributed by atoms with Gasteiger partial charge in [0.05, 0.1) is 7.05 Å². The Kier molecular flexibility index (Phi) is 6.75. The normalized spacial score (nSPS) is 12.4. The van der Waals surface area contributed by atoms with Crippen molar-refractivity contribution < 1.29 is 9.69 Å². The average Bonchev–Trinajstić information content (AvgIpc) is 2.83. The first-order chi connectivity index (χ1) is 11.8. The Morgan fingerprint density at radius 3 is 2.56 bits per heavy atom. The fourth-order valence-corrected chi connectivity index (χ4v) is 3.05. The lowest BCUT2D eigenvalue weighted by Gasteiger charge is -2.14. The zero-order chi connectivity index (χ0) is 18.6. The van der Waals surface area contributed by atoms with Crippen LogP contribution >= 0.6 is 23.8 Å². The van der Waals surface area contributed by atoms with Gasteiger partial charge in [-0.25, -0.2) is 0 Å². The van der Waals surface area contributed by atoms with Crippen molar-refractivity contribution in [2.24, 2.45) is 0 Å². The molecule has 8 heteroatoms. The summed E-state index contributed by atoms with van der Waals surface area (Å²) in [6, 6.07) is 7.68. The molecule has 0 spiro atoms. The maximum Gasteiger partial charge on any atom is 0.275 e. The maximum atomic E-state index is 11.9. The van der Waals surface area contributed by atoms with Crippen molar-refractivity contribution in [3.8, 4) is 11.4 Å². The van der Waals surface area contributed by atoms with Crippen molar-refractivity contribution in [1.82, 2.24) is 19.7 Å². The number of quaternary nitrogens is 1. The van der Waals surface area contributed by atoms with Crippen molar-refractivity contribution in [2.75, 3.05) is 13.6 Å². The number of benzene rings is 1. The Bertz CT molecular complexity index is 781. The third-order valence-electron chi connectivity index (χ3n) is 3.67. The Labute approximate surface area is 158 Å². The molecule has 1 atom stereocenters. The lowest BCUT2D eigenvalue weighted by molar-refractivity contribution is -0.895. The summed E-state index contributed by atoms with van der Waals surface area (Å²) in [7, 11) is 1.95. The van der Waals surface area contributed by atoms with Crippen molar-refractivity contribution in [3.63, 3.8) is 0 Å². The summed E-state index contributed by atoms with van der Waals surface area (Å²) >= 11 is 11.5. The summed E-state index contributed by atoms with van der Waals surface area (Å²) in [6.45, 7) is 7.56. The number of rotatable bonds is 7. The van der Waals surface area contributed by atoms with Gasteiger partial charge in [-0.3, -0.25) is 4.79 Å². The SMILES string of the molecule is CCn1c(-c2ccc(Cl)cc2)nn(C[NH+](C)CC(=O)NC(C)C)c1=S. The zero-order valence-corrected chi connectivity index (χ0v) is 16.6. The predicted octanol–water partition coefficient (Wildman–Crippen LogP) is 1.75. The molecule has 0 bridgehead atoms. The number of aromatic nitrogens is 3. The molecule has 136 valence electrons. The van der Waals surface area contributed by atoms with Gasteiger partial charge in [0, 0.05) is 23.2 Å². The van der Waals surface area contributed by atoms with Crippen LogP contribution in [0.1, 0.15) is 20.8 Å². The standard InChI is InChI=1S/C17H24ClN5OS/c1-5-22-16(13-6-8-14(18)9-7-13)20-23(17(22)25)11-21(4)10-15(24)19-12(2)3/h6-9,12H,5,10-11H2,1-4H3,(H,19,24)/p+1. The highest BCUT2D eigenvalue weighted by atomic mass is 35.5. The van der Waals surface area contributed by atoms with Crippen LogP contribution in [0.2, 0.25) is 5.02 Å². The molecule has 0 aliphatic rings. The molecule has 0 fully saturated rings. The number of carbonyl (C=O) groups is 1. The molecule has 1 unspecified atom stereocenters. The largest absolute Gasteiger partial charge is 0.349 e. The van der Waals surface area contributed by atoms with Gasteiger partial charge in [-0.1, -0.05) is 11.6 Å². The van der Waals surface area contributed by atoms with Crippen molar-refractivity contribution in [2.45, 2.75) is 40.0 Å². The molecule has 0 saturated carbocycles. The fourth-order valence-electron chi connectivity index (χ4n) is 2.60. The molecule has 0 radical (unpaired) electrons. The molecule has 25 heavy (non-hydrogen) atoms. The Hall–Kier alpha value is -1.70. The quantitative estimate of drug-likeness (QED) is 0.717. The first-order valence-corrected chi connectivity index (χ1v) is 9.14. The molecular weight excluding hydrogens is 358 g/mol. The highest BCUT2D eigenvalue weighted by molar-refractivity contribution is 7.71. The minimum Gasteiger partial charge on any atom is -0.349 e. The molecule has 1 aromatic carbocycles. The number of halogens is 1. The van der Waals surface area contributed by atoms with Gasteiger partial charge in [-0.15, -0.1) is 5.10 Å². The number of nitrogens with one attached hydrogen (secondary N) is 2. The van der Waals surface area contributed by atoms with E-state index in [1.807, 2.05) is 56.7 Å². The van der Waals surface area contributed by atoms with E-state index in [-0.39, 0.29) is 11.9 Å². The van der Waals surface area contributed by atoms with Crippen molar-refractivity contribution >= 4 is 29.7 Å². The highest BCUT2D eigenvalue weighted by Crippen LogP contribution is 2.20. The summed E-state index contributed by atoms with van der Waals surface area (Å²) in [5, 5.41) is 8.25. The van der Waals surface area contributed by atoms with E-state index in [0.29, 0.717) is 23.0 Å². The van der Waals surface area contributed by atoms with Gasteiger partial charge in [0.1, 0.15) is 0 Å². The minimum absolute atomic E-state index is 0.0202. The van der Waals surface area contributed by atoms with E-state index in [4.69, 9.17) is 23.8 Å². The monoisotopic (exact) mass is 382 g/mol. The Morgan fingerprint density at radius 2 is 2.00 bits per heavy atom. The lowest BCUT2D eigenvalue weighted by atomic mass is 10.2. The second-order valence-electron chi connectivity index (χ2n) is 6.37. The zero-order valence-electron chi connectivity index (χ0n) is 15.0. The average molecular weight is 383 g/mol. The number of hydrogen-bond donors (Lipinski definition) is 2. The third-order valence-corrected chi connectivity index (χ3v) is 4.36. The summed E-state index contributed by atoms with van der Waals surface area (Å²) in [4.78, 5) is 12.9. The topological polar surface area (TPSA) is 56.3 Å². The molecule has 1 aromatic heterocycles. The first-order valence-electron chi connectivity index (χ1n) is 8.36. The summed E-state index contributed by atoms with van der Waals surface area (Å²) in [6.07, 6.45) is 0. The number of carbonyl (C=O) groups excluding carboxylic acids is 1. The molecule has 2 rings (SSSR count). The molecule has 2 aromatic rings. The van der Waals surface area contributed by atoms with Crippen LogP contribution in [-0.2, 0) is 18.0 Å². The van der Waals surface area contributed by atoms with Crippen molar-refractivity contribution in [3.05, 3.63) is 34.1 Å². The molecule has 1 heterocycles. The minimum atomic E-state index is 0.0202. The van der Waals surface area contributed by atoms with Gasteiger partial charge in [0.25, 0.3) is 5.91 Å². The van der Waals surface area contributed by atoms with Crippen LogP contribution in [0.3, 0.4) is 0 Å². The van der Waals surface area contributed by atoms with E-state index >= 15 is 0 Å². The van der Waals surface area contributed by atoms with E-state index in [2.05, 4.69) is 10.4 Å². The molecule has 0 aliphatic heterocycles. The number of hydrogen-bond acceptors (Lipinski definition) is 3. The van der Waals surface area contributed by atoms with Crippen LogP contribution in [0.5, 0.6) is 0 Å². The molecule has 0 aliphatic carbocycles. The van der Waals surface area contributed by atoms with Crippen LogP contribution in [0.25, 0.3) is 11.4 Å². The molecule has 0 saturated heterocycles. The van der Waals surface area contributed by atoms with Crippen molar-refractivity contribution in [1.29, 1.82) is 0 Å². The Balaban J connectivity index is 2.20. The van der Waals surface area contributed by atoms with Crippen LogP contribution in [0, 0.1) is 4.77 Å². The molecule has 1 amide bonds. The second-order valence-corrected chi connectivity index (χ2v) is 7.17. The number of likely N-dealkylation sites (N-methyl/N-ethyl adjacent to an activating group) is 1. The number of amides is 1. The van der Waals surface area contributed by atoms with Gasteiger partial charge < -0.3 is 14.8 Å². The summed E-state index contributed by atoms with van der Waals surface area (Å²) in [5.41, 5.74) is 0.964. The van der Waals surface area contributed by atoms with Crippen LogP contribution in [0.4, 0.5) is 0 Å². The predicted molar refractivity (Wildman–Crippen MR) is 102 cm³/mol. The van der Waals surface area contributed by atoms with Crippen LogP contribution in [0.15, 0.2) is 24.3 Å². The van der Waals surface area contributed by atoms with Gasteiger partial charge in [0.15, 0.2) is 19.0 Å². The van der Waals surface area contributed by atoms with E-state index in [9.17, 15) is 4.79 Å². The molecule has 6 nitrogen and oxygen atoms in total. The first kappa shape index (κ1) is 19.6. The highest BCUT2D eigenvalue weighted by Gasteiger charge is 2.16. The van der Waals surface area contributed by atoms with Gasteiger partial charge >= 0.3 is 0 Å². The third kappa shape index (κ3) is 5.14. The smallest absolute Gasteiger partial charge is 0.275 e. The lowest BCUT2D eigenvalue weighted by Crippen LogP contribution is -3.09. The Morgan fingerprint density at radius 1 is 1.36 bits per heavy atom. The van der Waals surface area contributed by atoms with Crippen LogP contribution < -0.4 is 10.2 Å². The van der Waals surface area contributed by atoms with Gasteiger partial charge in [0.2, 0.25) is 4.77 Å². The van der Waals surface area contributed by atoms with E-state index in [1.165, 1.54) is 0 Å². The summed E-state index contributed by atoms with van der Waals surface area (Å²) in [5.74, 6) is 0.829. The second kappa shape index (κ2) is 8.60. The summed E-state index contributed by atoms with van der Waals surface area (Å²) < 4.78 is 4.41.